The molecule has 0 aliphatic carbocycles. The Morgan fingerprint density at radius 1 is 1.69 bits per heavy atom. The normalized spacial score (nSPS) is 21.9. The van der Waals surface area contributed by atoms with Crippen molar-refractivity contribution in [3.05, 3.63) is 10.1 Å². The van der Waals surface area contributed by atoms with Crippen molar-refractivity contribution in [2.24, 2.45) is 0 Å². The number of hydrogen-bond donors (Lipinski definition) is 0. The highest BCUT2D eigenvalue weighted by atomic mass is 16.6. The van der Waals surface area contributed by atoms with Gasteiger partial charge in [-0.3, -0.25) is 14.9 Å². The third-order valence-electron chi connectivity index (χ3n) is 2.36. The van der Waals surface area contributed by atoms with Crippen LogP contribution >= 0.6 is 0 Å². The van der Waals surface area contributed by atoms with Gasteiger partial charge in [0.2, 0.25) is 12.5 Å². The zero-order valence-electron chi connectivity index (χ0n) is 7.73. The largest absolute Gasteiger partial charge is 0.333 e. The van der Waals surface area contributed by atoms with E-state index in [-0.39, 0.29) is 23.4 Å². The van der Waals surface area contributed by atoms with E-state index in [2.05, 4.69) is 0 Å². The maximum atomic E-state index is 11.3. The van der Waals surface area contributed by atoms with Gasteiger partial charge in [-0.25, -0.2) is 0 Å². The van der Waals surface area contributed by atoms with E-state index in [9.17, 15) is 14.9 Å². The molecule has 1 heterocycles. The predicted octanol–water partition coefficient (Wildman–Crippen LogP) is 0.664. The topological polar surface area (TPSA) is 63.5 Å². The van der Waals surface area contributed by atoms with Gasteiger partial charge in [-0.2, -0.15) is 0 Å². The third-order valence-corrected chi connectivity index (χ3v) is 2.36. The van der Waals surface area contributed by atoms with Crippen molar-refractivity contribution in [1.82, 2.24) is 4.90 Å². The molecule has 0 spiro atoms. The van der Waals surface area contributed by atoms with E-state index in [4.69, 9.17) is 0 Å². The van der Waals surface area contributed by atoms with Gasteiger partial charge in [-0.1, -0.05) is 6.92 Å². The number of nitrogens with zero attached hydrogens (tertiary/aromatic N) is 2. The molecule has 1 rings (SSSR count). The van der Waals surface area contributed by atoms with Crippen LogP contribution in [0.1, 0.15) is 26.2 Å². The lowest BCUT2D eigenvalue weighted by atomic mass is 10.2. The molecule has 0 N–H and O–H groups in total. The van der Waals surface area contributed by atoms with Gasteiger partial charge in [-0.15, -0.1) is 0 Å². The van der Waals surface area contributed by atoms with Crippen molar-refractivity contribution < 1.29 is 9.72 Å². The van der Waals surface area contributed by atoms with Crippen LogP contribution in [0.25, 0.3) is 0 Å². The van der Waals surface area contributed by atoms with Crippen LogP contribution in [0.3, 0.4) is 0 Å². The van der Waals surface area contributed by atoms with E-state index in [1.54, 1.807) is 11.8 Å². The lowest BCUT2D eigenvalue weighted by molar-refractivity contribution is -0.485. The summed E-state index contributed by atoms with van der Waals surface area (Å²) in [5.41, 5.74) is 0. The van der Waals surface area contributed by atoms with Crippen molar-refractivity contribution in [3.8, 4) is 0 Å². The fraction of sp³-hybridized carbons (Fsp3) is 0.875. The highest BCUT2D eigenvalue weighted by Crippen LogP contribution is 2.17. The Hall–Kier alpha value is -1.13. The van der Waals surface area contributed by atoms with Gasteiger partial charge >= 0.3 is 0 Å². The molecule has 0 radical (unpaired) electrons. The van der Waals surface area contributed by atoms with Gasteiger partial charge in [0.15, 0.2) is 0 Å². The first kappa shape index (κ1) is 9.95. The number of carbonyl (C=O) groups is 1. The molecule has 1 amide bonds. The summed E-state index contributed by atoms with van der Waals surface area (Å²) >= 11 is 0. The Balaban J connectivity index is 2.53. The van der Waals surface area contributed by atoms with Crippen LogP contribution in [0, 0.1) is 10.1 Å². The number of carbonyl (C=O) groups excluding carboxylic acids is 1. The number of likely N-dealkylation sites (tertiary alicyclic amines) is 1. The molecule has 5 heteroatoms. The quantitative estimate of drug-likeness (QED) is 0.480. The van der Waals surface area contributed by atoms with E-state index in [1.807, 2.05) is 0 Å². The van der Waals surface area contributed by atoms with Gasteiger partial charge in [-0.05, 0) is 12.8 Å². The van der Waals surface area contributed by atoms with Crippen molar-refractivity contribution in [2.45, 2.75) is 32.2 Å². The van der Waals surface area contributed by atoms with Crippen LogP contribution in [0.5, 0.6) is 0 Å². The number of rotatable bonds is 3. The lowest BCUT2D eigenvalue weighted by Gasteiger charge is -2.20. The molecule has 1 fully saturated rings. The van der Waals surface area contributed by atoms with Crippen LogP contribution in [-0.4, -0.2) is 34.9 Å². The Kier molecular flexibility index (Phi) is 3.22. The summed E-state index contributed by atoms with van der Waals surface area (Å²) in [7, 11) is 0. The molecule has 1 aliphatic heterocycles. The van der Waals surface area contributed by atoms with E-state index in [0.717, 1.165) is 12.8 Å². The summed E-state index contributed by atoms with van der Waals surface area (Å²) in [5, 5.41) is 10.3. The summed E-state index contributed by atoms with van der Waals surface area (Å²) in [6.45, 7) is 2.36. The maximum absolute atomic E-state index is 11.3. The summed E-state index contributed by atoms with van der Waals surface area (Å²) in [6, 6.07) is -0.164. The highest BCUT2D eigenvalue weighted by molar-refractivity contribution is 5.76. The molecule has 1 saturated heterocycles. The standard InChI is InChI=1S/C8H14N2O3/c1-2-8(11)9-5-3-4-7(9)6-10(12)13/h7H,2-6H2,1H3/t7-/m1/s1. The molecule has 74 valence electrons. The van der Waals surface area contributed by atoms with E-state index >= 15 is 0 Å². The second-order valence-corrected chi connectivity index (χ2v) is 3.25. The minimum Gasteiger partial charge on any atom is -0.333 e. The van der Waals surface area contributed by atoms with Crippen LogP contribution in [-0.2, 0) is 4.79 Å². The SMILES string of the molecule is CCC(=O)N1CCC[C@@H]1C[N+](=O)[O-]. The molecule has 0 aromatic heterocycles. The van der Waals surface area contributed by atoms with Gasteiger partial charge in [0.05, 0.1) is 6.04 Å². The molecule has 0 aromatic carbocycles. The van der Waals surface area contributed by atoms with Crippen molar-refractivity contribution >= 4 is 5.91 Å². The minimum atomic E-state index is -0.341. The van der Waals surface area contributed by atoms with Crippen molar-refractivity contribution in [1.29, 1.82) is 0 Å². The highest BCUT2D eigenvalue weighted by Gasteiger charge is 2.30. The summed E-state index contributed by atoms with van der Waals surface area (Å²) in [5.74, 6) is 0.0318. The zero-order chi connectivity index (χ0) is 9.84. The molecule has 0 unspecified atom stereocenters. The Bertz CT molecular complexity index is 217. The van der Waals surface area contributed by atoms with Gasteiger partial charge in [0.25, 0.3) is 0 Å². The van der Waals surface area contributed by atoms with Crippen LogP contribution < -0.4 is 0 Å². The van der Waals surface area contributed by atoms with Gasteiger partial charge < -0.3 is 4.90 Å². The molecular weight excluding hydrogens is 172 g/mol. The first-order chi connectivity index (χ1) is 6.15. The first-order valence-corrected chi connectivity index (χ1v) is 4.56. The van der Waals surface area contributed by atoms with E-state index in [1.165, 1.54) is 0 Å². The molecule has 0 saturated carbocycles. The van der Waals surface area contributed by atoms with Crippen LogP contribution in [0.2, 0.25) is 0 Å². The summed E-state index contributed by atoms with van der Waals surface area (Å²) in [4.78, 5) is 22.9. The van der Waals surface area contributed by atoms with Crippen molar-refractivity contribution in [3.63, 3.8) is 0 Å². The molecule has 13 heavy (non-hydrogen) atoms. The molecule has 0 bridgehead atoms. The molecular formula is C8H14N2O3. The minimum absolute atomic E-state index is 0.0318. The van der Waals surface area contributed by atoms with E-state index < -0.39 is 0 Å². The fourth-order valence-electron chi connectivity index (χ4n) is 1.73. The van der Waals surface area contributed by atoms with Gasteiger partial charge in [0.1, 0.15) is 0 Å². The smallest absolute Gasteiger partial charge is 0.224 e. The van der Waals surface area contributed by atoms with Crippen LogP contribution in [0.4, 0.5) is 0 Å². The second-order valence-electron chi connectivity index (χ2n) is 3.25. The molecule has 1 aliphatic rings. The molecule has 0 aromatic rings. The Morgan fingerprint density at radius 3 is 2.92 bits per heavy atom. The summed E-state index contributed by atoms with van der Waals surface area (Å²) < 4.78 is 0. The molecule has 1 atom stereocenters. The predicted molar refractivity (Wildman–Crippen MR) is 46.9 cm³/mol. The van der Waals surface area contributed by atoms with Crippen molar-refractivity contribution in [2.75, 3.05) is 13.1 Å². The number of amides is 1. The Morgan fingerprint density at radius 2 is 2.38 bits per heavy atom. The maximum Gasteiger partial charge on any atom is 0.224 e. The fourth-order valence-corrected chi connectivity index (χ4v) is 1.73. The van der Waals surface area contributed by atoms with E-state index in [0.29, 0.717) is 13.0 Å². The number of hydrogen-bond acceptors (Lipinski definition) is 3. The second kappa shape index (κ2) is 4.20. The third kappa shape index (κ3) is 2.40. The lowest BCUT2D eigenvalue weighted by Crippen LogP contribution is -2.39. The average Bonchev–Trinajstić information content (AvgIpc) is 2.50. The monoisotopic (exact) mass is 186 g/mol. The van der Waals surface area contributed by atoms with Crippen LogP contribution in [0.15, 0.2) is 0 Å². The van der Waals surface area contributed by atoms with Gasteiger partial charge in [0, 0.05) is 17.9 Å². The molecule has 5 nitrogen and oxygen atoms in total. The average molecular weight is 186 g/mol. The summed E-state index contributed by atoms with van der Waals surface area (Å²) in [6.07, 6.45) is 2.10. The Labute approximate surface area is 76.9 Å². The number of nitro groups is 1. The first-order valence-electron chi connectivity index (χ1n) is 4.56. The zero-order valence-corrected chi connectivity index (χ0v) is 7.73.